The maximum absolute atomic E-state index is 7.07. The highest BCUT2D eigenvalue weighted by molar-refractivity contribution is 6.32. The fraction of sp³-hybridized carbons (Fsp3) is 0.364. The number of allylic oxidation sites excluding steroid dienone is 8. The largest absolute Gasteiger partial charge is 0.347 e. The molecule has 0 N–H and O–H groups in total. The van der Waals surface area contributed by atoms with Crippen molar-refractivity contribution in [3.8, 4) is 0 Å². The fourth-order valence-corrected chi connectivity index (χ4v) is 6.73. The molecule has 0 bridgehead atoms. The molecule has 2 nitrogen and oxygen atoms in total. The molecule has 186 valence electrons. The lowest BCUT2D eigenvalue weighted by atomic mass is 9.80. The Labute approximate surface area is 222 Å². The zero-order valence-electron chi connectivity index (χ0n) is 22.7. The first-order valence-electron chi connectivity index (χ1n) is 13.1. The summed E-state index contributed by atoms with van der Waals surface area (Å²) in [4.78, 5) is 2.32. The third kappa shape index (κ3) is 3.91. The minimum absolute atomic E-state index is 0.0358. The number of para-hydroxylation sites is 2. The van der Waals surface area contributed by atoms with E-state index in [9.17, 15) is 0 Å². The van der Waals surface area contributed by atoms with Crippen molar-refractivity contribution in [1.29, 1.82) is 0 Å². The zero-order valence-corrected chi connectivity index (χ0v) is 23.4. The molecule has 0 fully saturated rings. The number of halogens is 1. The Morgan fingerprint density at radius 1 is 0.889 bits per heavy atom. The molecular weight excluding hydrogens is 460 g/mol. The maximum atomic E-state index is 7.07. The third-order valence-corrected chi connectivity index (χ3v) is 8.95. The molecular formula is C33H38ClN2+. The Kier molecular flexibility index (Phi) is 6.16. The van der Waals surface area contributed by atoms with Gasteiger partial charge in [-0.05, 0) is 61.5 Å². The Balaban J connectivity index is 1.48. The van der Waals surface area contributed by atoms with Crippen LogP contribution < -0.4 is 4.90 Å². The van der Waals surface area contributed by atoms with Crippen LogP contribution in [-0.2, 0) is 10.8 Å². The Morgan fingerprint density at radius 3 is 2.25 bits per heavy atom. The third-order valence-electron chi connectivity index (χ3n) is 8.47. The summed E-state index contributed by atoms with van der Waals surface area (Å²) in [6.45, 7) is 11.6. The summed E-state index contributed by atoms with van der Waals surface area (Å²) in [5, 5.41) is 0.911. The van der Waals surface area contributed by atoms with Crippen molar-refractivity contribution in [2.24, 2.45) is 5.92 Å². The second kappa shape index (κ2) is 8.92. The van der Waals surface area contributed by atoms with Gasteiger partial charge in [0.15, 0.2) is 5.71 Å². The number of fused-ring (bicyclic) bond motifs is 2. The quantitative estimate of drug-likeness (QED) is 0.386. The van der Waals surface area contributed by atoms with Crippen LogP contribution in [0.4, 0.5) is 11.4 Å². The van der Waals surface area contributed by atoms with E-state index >= 15 is 0 Å². The standard InChI is InChI=1S/C33H38ClN2/c1-22-20-23(16-18-29-32(2,3)25-12-8-10-14-27(25)35(29)6)31(34)24(21-22)17-19-30-33(4,5)26-13-9-11-15-28(26)36(30)7/h8-19,22H,20-21H2,1-7H3/q+1. The van der Waals surface area contributed by atoms with Crippen LogP contribution in [0, 0.1) is 5.92 Å². The number of rotatable bonds is 3. The highest BCUT2D eigenvalue weighted by Gasteiger charge is 2.42. The van der Waals surface area contributed by atoms with Crippen molar-refractivity contribution in [2.75, 3.05) is 19.0 Å². The van der Waals surface area contributed by atoms with Gasteiger partial charge in [-0.15, -0.1) is 0 Å². The Morgan fingerprint density at radius 2 is 1.56 bits per heavy atom. The van der Waals surface area contributed by atoms with Crippen molar-refractivity contribution in [1.82, 2.24) is 0 Å². The lowest BCUT2D eigenvalue weighted by molar-refractivity contribution is -0.401. The van der Waals surface area contributed by atoms with Gasteiger partial charge < -0.3 is 4.90 Å². The second-order valence-corrected chi connectivity index (χ2v) is 12.1. The molecule has 2 aromatic carbocycles. The van der Waals surface area contributed by atoms with Crippen molar-refractivity contribution in [3.05, 3.63) is 106 Å². The van der Waals surface area contributed by atoms with E-state index < -0.39 is 0 Å². The molecule has 36 heavy (non-hydrogen) atoms. The summed E-state index contributed by atoms with van der Waals surface area (Å²) in [5.41, 5.74) is 10.3. The van der Waals surface area contributed by atoms with Crippen LogP contribution in [0.15, 0.2) is 94.7 Å². The second-order valence-electron chi connectivity index (χ2n) is 11.7. The number of nitrogens with zero attached hydrogens (tertiary/aromatic N) is 2. The number of likely N-dealkylation sites (N-methyl/N-ethyl adjacent to an activating group) is 1. The van der Waals surface area contributed by atoms with E-state index in [0.717, 1.165) is 17.9 Å². The van der Waals surface area contributed by atoms with Gasteiger partial charge in [-0.1, -0.05) is 80.9 Å². The van der Waals surface area contributed by atoms with Crippen molar-refractivity contribution < 1.29 is 4.58 Å². The maximum Gasteiger partial charge on any atom is 0.209 e. The predicted octanol–water partition coefficient (Wildman–Crippen LogP) is 8.41. The van der Waals surface area contributed by atoms with Gasteiger partial charge in [0.1, 0.15) is 7.05 Å². The molecule has 2 heterocycles. The van der Waals surface area contributed by atoms with E-state index in [2.05, 4.69) is 131 Å². The van der Waals surface area contributed by atoms with Gasteiger partial charge in [-0.2, -0.15) is 4.58 Å². The van der Waals surface area contributed by atoms with E-state index in [1.54, 1.807) is 0 Å². The molecule has 2 aromatic rings. The Bertz CT molecular complexity index is 1380. The fourth-order valence-electron chi connectivity index (χ4n) is 6.45. The first-order valence-corrected chi connectivity index (χ1v) is 13.4. The van der Waals surface area contributed by atoms with E-state index in [4.69, 9.17) is 11.6 Å². The van der Waals surface area contributed by atoms with Gasteiger partial charge in [0, 0.05) is 46.6 Å². The molecule has 0 spiro atoms. The molecule has 5 rings (SSSR count). The van der Waals surface area contributed by atoms with E-state index in [1.807, 2.05) is 0 Å². The minimum atomic E-state index is -0.0358. The summed E-state index contributed by atoms with van der Waals surface area (Å²) >= 11 is 7.07. The number of anilines is 1. The molecule has 2 aliphatic heterocycles. The van der Waals surface area contributed by atoms with Crippen molar-refractivity contribution >= 4 is 28.7 Å². The van der Waals surface area contributed by atoms with Crippen LogP contribution in [0.5, 0.6) is 0 Å². The normalized spacial score (nSPS) is 24.9. The van der Waals surface area contributed by atoms with Gasteiger partial charge in [0.05, 0.1) is 5.41 Å². The average Bonchev–Trinajstić information content (AvgIpc) is 3.16. The SMILES string of the molecule is CC1CC(/C=C/C2=[N+](C)c3ccccc3C2(C)C)=C(Cl)C(=C/C=C2/N(C)c3ccccc3C2(C)C)/C1. The van der Waals surface area contributed by atoms with Crippen molar-refractivity contribution in [3.63, 3.8) is 0 Å². The molecule has 3 heteroatoms. The first kappa shape index (κ1) is 24.8. The molecule has 0 saturated carbocycles. The van der Waals surface area contributed by atoms with E-state index in [-0.39, 0.29) is 10.8 Å². The first-order chi connectivity index (χ1) is 17.0. The molecule has 0 amide bonds. The molecule has 1 unspecified atom stereocenters. The number of hydrogen-bond donors (Lipinski definition) is 0. The summed E-state index contributed by atoms with van der Waals surface area (Å²) in [7, 11) is 4.34. The smallest absolute Gasteiger partial charge is 0.209 e. The molecule has 1 aliphatic carbocycles. The van der Waals surface area contributed by atoms with Crippen LogP contribution in [0.2, 0.25) is 0 Å². The highest BCUT2D eigenvalue weighted by atomic mass is 35.5. The molecule has 0 saturated heterocycles. The highest BCUT2D eigenvalue weighted by Crippen LogP contribution is 2.47. The van der Waals surface area contributed by atoms with Crippen LogP contribution in [-0.4, -0.2) is 24.4 Å². The molecule has 1 atom stereocenters. The van der Waals surface area contributed by atoms with Gasteiger partial charge in [-0.25, -0.2) is 0 Å². The average molecular weight is 498 g/mol. The lowest BCUT2D eigenvalue weighted by Crippen LogP contribution is -2.26. The molecule has 3 aliphatic rings. The molecule has 0 aromatic heterocycles. The van der Waals surface area contributed by atoms with Gasteiger partial charge in [0.2, 0.25) is 5.69 Å². The van der Waals surface area contributed by atoms with E-state index in [0.29, 0.717) is 5.92 Å². The van der Waals surface area contributed by atoms with Gasteiger partial charge in [0.25, 0.3) is 0 Å². The van der Waals surface area contributed by atoms with Crippen LogP contribution in [0.25, 0.3) is 0 Å². The Hall–Kier alpha value is -2.84. The van der Waals surface area contributed by atoms with Crippen LogP contribution in [0.1, 0.15) is 58.6 Å². The number of benzene rings is 2. The van der Waals surface area contributed by atoms with Crippen LogP contribution in [0.3, 0.4) is 0 Å². The lowest BCUT2D eigenvalue weighted by Gasteiger charge is -2.25. The predicted molar refractivity (Wildman–Crippen MR) is 155 cm³/mol. The van der Waals surface area contributed by atoms with Gasteiger partial charge >= 0.3 is 0 Å². The van der Waals surface area contributed by atoms with Crippen molar-refractivity contribution in [2.45, 2.75) is 58.3 Å². The van der Waals surface area contributed by atoms with E-state index in [1.165, 1.54) is 45.1 Å². The summed E-state index contributed by atoms with van der Waals surface area (Å²) in [6.07, 6.45) is 11.1. The van der Waals surface area contributed by atoms with Gasteiger partial charge in [-0.3, -0.25) is 0 Å². The number of hydrogen-bond acceptors (Lipinski definition) is 1. The minimum Gasteiger partial charge on any atom is -0.347 e. The molecule has 0 radical (unpaired) electrons. The monoisotopic (exact) mass is 497 g/mol. The topological polar surface area (TPSA) is 6.25 Å². The summed E-state index contributed by atoms with van der Waals surface area (Å²) < 4.78 is 2.32. The van der Waals surface area contributed by atoms with Crippen LogP contribution >= 0.6 is 11.6 Å². The zero-order chi connectivity index (χ0) is 25.8. The summed E-state index contributed by atoms with van der Waals surface area (Å²) in [5.74, 6) is 0.555. The summed E-state index contributed by atoms with van der Waals surface area (Å²) in [6, 6.07) is 17.4.